The molecular weight excluding hydrogens is 234 g/mol. The van der Waals surface area contributed by atoms with Gasteiger partial charge in [-0.3, -0.25) is 0 Å². The van der Waals surface area contributed by atoms with Gasteiger partial charge in [-0.1, -0.05) is 13.3 Å². The van der Waals surface area contributed by atoms with Gasteiger partial charge in [0.1, 0.15) is 18.3 Å². The number of rotatable bonds is 5. The summed E-state index contributed by atoms with van der Waals surface area (Å²) >= 11 is 0. The molecule has 0 unspecified atom stereocenters. The second kappa shape index (κ2) is 5.43. The zero-order valence-corrected chi connectivity index (χ0v) is 11.7. The van der Waals surface area contributed by atoms with Gasteiger partial charge in [0.2, 0.25) is 0 Å². The van der Waals surface area contributed by atoms with Gasteiger partial charge in [0.05, 0.1) is 0 Å². The van der Waals surface area contributed by atoms with Gasteiger partial charge >= 0.3 is 0 Å². The van der Waals surface area contributed by atoms with Crippen molar-refractivity contribution in [3.05, 3.63) is 0 Å². The van der Waals surface area contributed by atoms with Crippen molar-refractivity contribution in [1.29, 1.82) is 0 Å². The molecule has 2 aliphatic rings. The largest absolute Gasteiger partial charge is 0.350 e. The average molecular weight is 259 g/mol. The first-order valence-corrected chi connectivity index (χ1v) is 6.83. The van der Waals surface area contributed by atoms with Crippen LogP contribution in [0.4, 0.5) is 0 Å². The summed E-state index contributed by atoms with van der Waals surface area (Å²) in [6, 6.07) is -0.102. The highest BCUT2D eigenvalue weighted by atomic mass is 16.8. The van der Waals surface area contributed by atoms with E-state index >= 15 is 0 Å². The molecule has 0 aromatic rings. The fourth-order valence-electron chi connectivity index (χ4n) is 2.49. The van der Waals surface area contributed by atoms with Crippen LogP contribution in [0.25, 0.3) is 0 Å². The summed E-state index contributed by atoms with van der Waals surface area (Å²) in [7, 11) is 0. The number of fused-ring (bicyclic) bond motifs is 1. The summed E-state index contributed by atoms with van der Waals surface area (Å²) in [6.45, 7) is 8.55. The van der Waals surface area contributed by atoms with Gasteiger partial charge in [-0.25, -0.2) is 0 Å². The van der Waals surface area contributed by atoms with Crippen LogP contribution >= 0.6 is 0 Å². The highest BCUT2D eigenvalue weighted by molar-refractivity contribution is 4.98. The average Bonchev–Trinajstić information content (AvgIpc) is 2.73. The number of nitrogens with two attached hydrogens (primary N) is 1. The molecule has 5 atom stereocenters. The number of hydrogen-bond donors (Lipinski definition) is 1. The molecule has 2 heterocycles. The first-order valence-electron chi connectivity index (χ1n) is 6.83. The van der Waals surface area contributed by atoms with E-state index in [0.717, 1.165) is 12.8 Å². The van der Waals surface area contributed by atoms with Gasteiger partial charge < -0.3 is 24.7 Å². The van der Waals surface area contributed by atoms with Crippen molar-refractivity contribution >= 4 is 0 Å². The van der Waals surface area contributed by atoms with Gasteiger partial charge in [0.15, 0.2) is 12.1 Å². The Morgan fingerprint density at radius 1 is 1.28 bits per heavy atom. The van der Waals surface area contributed by atoms with Crippen molar-refractivity contribution < 1.29 is 18.9 Å². The Balaban J connectivity index is 2.00. The van der Waals surface area contributed by atoms with Crippen molar-refractivity contribution in [2.24, 2.45) is 5.73 Å². The van der Waals surface area contributed by atoms with Crippen molar-refractivity contribution in [1.82, 2.24) is 0 Å². The molecule has 5 heteroatoms. The van der Waals surface area contributed by atoms with Gasteiger partial charge in [0.25, 0.3) is 0 Å². The van der Waals surface area contributed by atoms with Gasteiger partial charge in [-0.2, -0.15) is 0 Å². The highest BCUT2D eigenvalue weighted by Crippen LogP contribution is 2.39. The quantitative estimate of drug-likeness (QED) is 0.756. The Morgan fingerprint density at radius 2 is 1.94 bits per heavy atom. The number of hydrogen-bond acceptors (Lipinski definition) is 5. The topological polar surface area (TPSA) is 62.9 Å². The molecule has 0 aliphatic carbocycles. The lowest BCUT2D eigenvalue weighted by molar-refractivity contribution is -0.235. The SMILES string of the molecule is CCCCO[C@H]1O[C@H]([C@H](C)N)[C@@H]2OC(C)(C)O[C@H]12. The second-order valence-corrected chi connectivity index (χ2v) is 5.62. The highest BCUT2D eigenvalue weighted by Gasteiger charge is 2.56. The summed E-state index contributed by atoms with van der Waals surface area (Å²) in [4.78, 5) is 0. The minimum atomic E-state index is -0.585. The summed E-state index contributed by atoms with van der Waals surface area (Å²) < 4.78 is 23.3. The minimum absolute atomic E-state index is 0.102. The van der Waals surface area contributed by atoms with E-state index in [1.807, 2.05) is 20.8 Å². The van der Waals surface area contributed by atoms with E-state index in [4.69, 9.17) is 24.7 Å². The van der Waals surface area contributed by atoms with Crippen LogP contribution in [0, 0.1) is 0 Å². The van der Waals surface area contributed by atoms with Crippen LogP contribution in [-0.2, 0) is 18.9 Å². The molecule has 0 radical (unpaired) electrons. The molecule has 0 saturated carbocycles. The second-order valence-electron chi connectivity index (χ2n) is 5.62. The maximum Gasteiger partial charge on any atom is 0.187 e. The standard InChI is InChI=1S/C13H25NO4/c1-5-6-7-15-12-11-10(9(16-12)8(2)14)17-13(3,4)18-11/h8-12H,5-7,14H2,1-4H3/t8-,9+,10-,11-,12-/m0/s1. The van der Waals surface area contributed by atoms with E-state index in [2.05, 4.69) is 6.92 Å². The van der Waals surface area contributed by atoms with Crippen LogP contribution in [0.1, 0.15) is 40.5 Å². The minimum Gasteiger partial charge on any atom is -0.350 e. The van der Waals surface area contributed by atoms with Crippen LogP contribution in [0.15, 0.2) is 0 Å². The van der Waals surface area contributed by atoms with Gasteiger partial charge in [-0.15, -0.1) is 0 Å². The fourth-order valence-corrected chi connectivity index (χ4v) is 2.49. The Hall–Kier alpha value is -0.200. The van der Waals surface area contributed by atoms with Gasteiger partial charge in [0, 0.05) is 12.6 Å². The first-order chi connectivity index (χ1) is 8.44. The third-order valence-corrected chi connectivity index (χ3v) is 3.35. The van der Waals surface area contributed by atoms with E-state index in [0.29, 0.717) is 6.61 Å². The molecule has 5 nitrogen and oxygen atoms in total. The van der Waals surface area contributed by atoms with Crippen molar-refractivity contribution in [3.8, 4) is 0 Å². The summed E-state index contributed by atoms with van der Waals surface area (Å²) in [5.41, 5.74) is 5.94. The number of ether oxygens (including phenoxy) is 4. The molecule has 18 heavy (non-hydrogen) atoms. The zero-order chi connectivity index (χ0) is 13.3. The first kappa shape index (κ1) is 14.2. The predicted molar refractivity (Wildman–Crippen MR) is 67.0 cm³/mol. The molecule has 2 fully saturated rings. The zero-order valence-electron chi connectivity index (χ0n) is 11.7. The van der Waals surface area contributed by atoms with Crippen molar-refractivity contribution in [3.63, 3.8) is 0 Å². The molecule has 0 aromatic heterocycles. The molecule has 0 bridgehead atoms. The van der Waals surface area contributed by atoms with E-state index < -0.39 is 5.79 Å². The van der Waals surface area contributed by atoms with Crippen LogP contribution < -0.4 is 5.73 Å². The van der Waals surface area contributed by atoms with E-state index in [1.54, 1.807) is 0 Å². The maximum atomic E-state index is 5.94. The Kier molecular flexibility index (Phi) is 4.29. The third-order valence-electron chi connectivity index (χ3n) is 3.35. The molecule has 106 valence electrons. The third kappa shape index (κ3) is 2.86. The molecule has 0 spiro atoms. The predicted octanol–water partition coefficient (Wildman–Crippen LogP) is 1.40. The molecule has 2 saturated heterocycles. The maximum absolute atomic E-state index is 5.94. The normalized spacial score (nSPS) is 39.8. The van der Waals surface area contributed by atoms with Crippen LogP contribution in [0.2, 0.25) is 0 Å². The lowest BCUT2D eigenvalue weighted by Gasteiger charge is -2.25. The van der Waals surface area contributed by atoms with E-state index in [9.17, 15) is 0 Å². The molecule has 2 rings (SSSR count). The van der Waals surface area contributed by atoms with E-state index in [1.165, 1.54) is 0 Å². The summed E-state index contributed by atoms with van der Waals surface area (Å²) in [6.07, 6.45) is 1.28. The number of unbranched alkanes of at least 4 members (excludes halogenated alkanes) is 1. The molecule has 0 aromatic carbocycles. The van der Waals surface area contributed by atoms with Crippen molar-refractivity contribution in [2.75, 3.05) is 6.61 Å². The Morgan fingerprint density at radius 3 is 2.56 bits per heavy atom. The lowest BCUT2D eigenvalue weighted by Crippen LogP contribution is -2.41. The van der Waals surface area contributed by atoms with Crippen LogP contribution in [0.5, 0.6) is 0 Å². The van der Waals surface area contributed by atoms with Crippen molar-refractivity contribution in [2.45, 2.75) is 77.0 Å². The monoisotopic (exact) mass is 259 g/mol. The van der Waals surface area contributed by atoms with Gasteiger partial charge in [-0.05, 0) is 27.2 Å². The smallest absolute Gasteiger partial charge is 0.187 e. The molecule has 0 amide bonds. The van der Waals surface area contributed by atoms with E-state index in [-0.39, 0.29) is 30.6 Å². The Bertz CT molecular complexity index is 282. The fraction of sp³-hybridized carbons (Fsp3) is 1.00. The summed E-state index contributed by atoms with van der Waals surface area (Å²) in [5.74, 6) is -0.585. The summed E-state index contributed by atoms with van der Waals surface area (Å²) in [5, 5.41) is 0. The molecule has 2 N–H and O–H groups in total. The molecular formula is C13H25NO4. The Labute approximate surface area is 109 Å². The lowest BCUT2D eigenvalue weighted by atomic mass is 10.1. The molecule has 2 aliphatic heterocycles. The van der Waals surface area contributed by atoms with Crippen LogP contribution in [0.3, 0.4) is 0 Å². The van der Waals surface area contributed by atoms with Crippen LogP contribution in [-0.4, -0.2) is 43.0 Å².